The van der Waals surface area contributed by atoms with E-state index in [1.807, 2.05) is 0 Å². The molecule has 0 aliphatic carbocycles. The van der Waals surface area contributed by atoms with Crippen LogP contribution in [0.15, 0.2) is 6.07 Å². The monoisotopic (exact) mass is 250 g/mol. The summed E-state index contributed by atoms with van der Waals surface area (Å²) >= 11 is 0. The van der Waals surface area contributed by atoms with Gasteiger partial charge in [-0.3, -0.25) is 0 Å². The lowest BCUT2D eigenvalue weighted by Gasteiger charge is -2.23. The van der Waals surface area contributed by atoms with Crippen LogP contribution in [0.2, 0.25) is 0 Å². The van der Waals surface area contributed by atoms with Crippen molar-refractivity contribution in [1.82, 2.24) is 9.97 Å². The smallest absolute Gasteiger partial charge is 0.133 e. The van der Waals surface area contributed by atoms with Crippen molar-refractivity contribution in [2.75, 3.05) is 24.2 Å². The Hall–Kier alpha value is -1.36. The van der Waals surface area contributed by atoms with Gasteiger partial charge in [-0.1, -0.05) is 6.92 Å². The summed E-state index contributed by atoms with van der Waals surface area (Å²) in [7, 11) is 0. The number of nitrogens with two attached hydrogens (primary N) is 1. The van der Waals surface area contributed by atoms with Crippen LogP contribution in [0.1, 0.15) is 38.4 Å². The first-order chi connectivity index (χ1) is 8.78. The van der Waals surface area contributed by atoms with Crippen molar-refractivity contribution >= 4 is 11.6 Å². The molecule has 0 bridgehead atoms. The number of anilines is 2. The summed E-state index contributed by atoms with van der Waals surface area (Å²) < 4.78 is 5.67. The summed E-state index contributed by atoms with van der Waals surface area (Å²) in [6.07, 6.45) is 5.73. The standard InChI is InChI=1S/C13H22N4O/c1-2-5-12-16-11(14)8-13(17-12)15-9-10-6-3-4-7-18-10/h8,10H,2-7,9H2,1H3,(H3,14,15,16,17). The van der Waals surface area contributed by atoms with Gasteiger partial charge in [0.05, 0.1) is 6.10 Å². The topological polar surface area (TPSA) is 73.1 Å². The van der Waals surface area contributed by atoms with E-state index in [0.717, 1.165) is 44.1 Å². The second-order valence-corrected chi connectivity index (χ2v) is 4.71. The predicted molar refractivity (Wildman–Crippen MR) is 72.5 cm³/mol. The molecule has 0 aromatic carbocycles. The maximum absolute atomic E-state index is 5.78. The van der Waals surface area contributed by atoms with Crippen LogP contribution < -0.4 is 11.1 Å². The van der Waals surface area contributed by atoms with Gasteiger partial charge in [-0.25, -0.2) is 9.97 Å². The van der Waals surface area contributed by atoms with Crippen molar-refractivity contribution in [1.29, 1.82) is 0 Å². The predicted octanol–water partition coefficient (Wildman–Crippen LogP) is 1.99. The van der Waals surface area contributed by atoms with Crippen LogP contribution in [0.4, 0.5) is 11.6 Å². The zero-order valence-electron chi connectivity index (χ0n) is 11.0. The van der Waals surface area contributed by atoms with Crippen molar-refractivity contribution in [3.63, 3.8) is 0 Å². The quantitative estimate of drug-likeness (QED) is 0.836. The number of nitrogens with one attached hydrogen (secondary N) is 1. The summed E-state index contributed by atoms with van der Waals surface area (Å²) in [6, 6.07) is 1.78. The van der Waals surface area contributed by atoms with Gasteiger partial charge in [-0.05, 0) is 25.7 Å². The van der Waals surface area contributed by atoms with E-state index < -0.39 is 0 Å². The summed E-state index contributed by atoms with van der Waals surface area (Å²) in [4.78, 5) is 8.66. The molecule has 5 heteroatoms. The summed E-state index contributed by atoms with van der Waals surface area (Å²) in [5, 5.41) is 3.30. The van der Waals surface area contributed by atoms with Crippen LogP contribution >= 0.6 is 0 Å². The Labute approximate surface area is 108 Å². The molecule has 0 saturated carbocycles. The van der Waals surface area contributed by atoms with Crippen LogP contribution in [0.25, 0.3) is 0 Å². The highest BCUT2D eigenvalue weighted by atomic mass is 16.5. The fourth-order valence-electron chi connectivity index (χ4n) is 2.13. The number of aryl methyl sites for hydroxylation is 1. The molecule has 1 fully saturated rings. The Morgan fingerprint density at radius 2 is 2.33 bits per heavy atom. The molecule has 3 N–H and O–H groups in total. The molecule has 2 heterocycles. The molecular weight excluding hydrogens is 228 g/mol. The fraction of sp³-hybridized carbons (Fsp3) is 0.692. The first-order valence-corrected chi connectivity index (χ1v) is 6.77. The number of hydrogen-bond acceptors (Lipinski definition) is 5. The lowest BCUT2D eigenvalue weighted by molar-refractivity contribution is 0.0247. The molecule has 18 heavy (non-hydrogen) atoms. The van der Waals surface area contributed by atoms with E-state index in [2.05, 4.69) is 22.2 Å². The Balaban J connectivity index is 1.91. The summed E-state index contributed by atoms with van der Waals surface area (Å²) in [5.41, 5.74) is 5.78. The van der Waals surface area contributed by atoms with E-state index in [1.165, 1.54) is 12.8 Å². The van der Waals surface area contributed by atoms with E-state index in [1.54, 1.807) is 6.07 Å². The van der Waals surface area contributed by atoms with Gasteiger partial charge in [-0.2, -0.15) is 0 Å². The third kappa shape index (κ3) is 3.84. The third-order valence-corrected chi connectivity index (χ3v) is 3.05. The maximum atomic E-state index is 5.78. The van der Waals surface area contributed by atoms with E-state index in [-0.39, 0.29) is 0 Å². The van der Waals surface area contributed by atoms with Gasteiger partial charge in [0.15, 0.2) is 0 Å². The minimum absolute atomic E-state index is 0.296. The van der Waals surface area contributed by atoms with Crippen LogP contribution in [0.5, 0.6) is 0 Å². The number of rotatable bonds is 5. The Morgan fingerprint density at radius 1 is 1.44 bits per heavy atom. The van der Waals surface area contributed by atoms with Crippen LogP contribution in [-0.4, -0.2) is 29.2 Å². The Bertz CT molecular complexity index is 377. The summed E-state index contributed by atoms with van der Waals surface area (Å²) in [5.74, 6) is 2.14. The van der Waals surface area contributed by atoms with E-state index >= 15 is 0 Å². The first-order valence-electron chi connectivity index (χ1n) is 6.77. The molecule has 0 spiro atoms. The minimum atomic E-state index is 0.296. The Kier molecular flexibility index (Phi) is 4.75. The lowest BCUT2D eigenvalue weighted by atomic mass is 10.1. The zero-order valence-corrected chi connectivity index (χ0v) is 11.0. The second-order valence-electron chi connectivity index (χ2n) is 4.71. The van der Waals surface area contributed by atoms with Gasteiger partial charge in [0.25, 0.3) is 0 Å². The molecule has 2 rings (SSSR count). The minimum Gasteiger partial charge on any atom is -0.384 e. The summed E-state index contributed by atoms with van der Waals surface area (Å²) in [6.45, 7) is 3.77. The number of hydrogen-bond donors (Lipinski definition) is 2. The zero-order chi connectivity index (χ0) is 12.8. The lowest BCUT2D eigenvalue weighted by Crippen LogP contribution is -2.27. The van der Waals surface area contributed by atoms with E-state index in [9.17, 15) is 0 Å². The molecule has 1 atom stereocenters. The van der Waals surface area contributed by atoms with Crippen LogP contribution in [0.3, 0.4) is 0 Å². The average molecular weight is 250 g/mol. The number of nitrogens with zero attached hydrogens (tertiary/aromatic N) is 2. The molecule has 1 unspecified atom stereocenters. The maximum Gasteiger partial charge on any atom is 0.133 e. The third-order valence-electron chi connectivity index (χ3n) is 3.05. The molecule has 1 aromatic heterocycles. The van der Waals surface area contributed by atoms with Gasteiger partial charge in [0.1, 0.15) is 17.5 Å². The number of aromatic nitrogens is 2. The average Bonchev–Trinajstić information content (AvgIpc) is 2.37. The van der Waals surface area contributed by atoms with Gasteiger partial charge >= 0.3 is 0 Å². The van der Waals surface area contributed by atoms with Crippen molar-refractivity contribution < 1.29 is 4.74 Å². The molecule has 1 aliphatic rings. The molecule has 100 valence electrons. The Morgan fingerprint density at radius 3 is 3.06 bits per heavy atom. The van der Waals surface area contributed by atoms with Crippen molar-refractivity contribution in [2.45, 2.75) is 45.1 Å². The van der Waals surface area contributed by atoms with Gasteiger partial charge < -0.3 is 15.8 Å². The molecular formula is C13H22N4O. The van der Waals surface area contributed by atoms with Gasteiger partial charge in [-0.15, -0.1) is 0 Å². The van der Waals surface area contributed by atoms with Crippen molar-refractivity contribution in [3.05, 3.63) is 11.9 Å². The van der Waals surface area contributed by atoms with Crippen LogP contribution in [0, 0.1) is 0 Å². The molecule has 5 nitrogen and oxygen atoms in total. The van der Waals surface area contributed by atoms with Crippen molar-refractivity contribution in [2.24, 2.45) is 0 Å². The van der Waals surface area contributed by atoms with Crippen molar-refractivity contribution in [3.8, 4) is 0 Å². The first kappa shape index (κ1) is 13.1. The van der Waals surface area contributed by atoms with Crippen LogP contribution in [-0.2, 0) is 11.2 Å². The van der Waals surface area contributed by atoms with E-state index in [4.69, 9.17) is 10.5 Å². The van der Waals surface area contributed by atoms with E-state index in [0.29, 0.717) is 11.9 Å². The highest BCUT2D eigenvalue weighted by Crippen LogP contribution is 2.14. The largest absolute Gasteiger partial charge is 0.384 e. The fourth-order valence-corrected chi connectivity index (χ4v) is 2.13. The molecule has 1 aromatic rings. The van der Waals surface area contributed by atoms with Gasteiger partial charge in [0.2, 0.25) is 0 Å². The SMILES string of the molecule is CCCc1nc(N)cc(NCC2CCCCO2)n1. The molecule has 0 radical (unpaired) electrons. The molecule has 0 amide bonds. The highest BCUT2D eigenvalue weighted by molar-refractivity contribution is 5.44. The number of ether oxygens (including phenoxy) is 1. The second kappa shape index (κ2) is 6.54. The molecule has 1 saturated heterocycles. The number of nitrogen functional groups attached to an aromatic ring is 1. The highest BCUT2D eigenvalue weighted by Gasteiger charge is 2.13. The normalized spacial score (nSPS) is 19.7. The molecule has 1 aliphatic heterocycles. The van der Waals surface area contributed by atoms with Gasteiger partial charge in [0, 0.05) is 25.6 Å².